The molecule has 0 aliphatic heterocycles. The van der Waals surface area contributed by atoms with E-state index in [2.05, 4.69) is 20.3 Å². The largest absolute Gasteiger partial charge is 0.437 e. The fourth-order valence-corrected chi connectivity index (χ4v) is 2.50. The zero-order chi connectivity index (χ0) is 14.8. The molecule has 1 aromatic carbocycles. The molecule has 21 heavy (non-hydrogen) atoms. The highest BCUT2D eigenvalue weighted by Gasteiger charge is 2.09. The Bertz CT molecular complexity index is 817. The fraction of sp³-hybridized carbons (Fsp3) is 0.0769. The maximum absolute atomic E-state index is 11.5. The molecule has 0 aliphatic carbocycles. The number of thiazole rings is 1. The Labute approximate surface area is 123 Å². The monoisotopic (exact) mass is 301 g/mol. The van der Waals surface area contributed by atoms with Gasteiger partial charge < -0.3 is 15.8 Å². The van der Waals surface area contributed by atoms with Crippen LogP contribution in [-0.4, -0.2) is 27.9 Å². The number of nitrogens with zero attached hydrogens (tertiary/aromatic N) is 3. The van der Waals surface area contributed by atoms with E-state index >= 15 is 0 Å². The second-order valence-corrected chi connectivity index (χ2v) is 5.17. The van der Waals surface area contributed by atoms with Crippen LogP contribution in [0.2, 0.25) is 0 Å². The molecule has 0 saturated carbocycles. The number of anilines is 1. The number of fused-ring (bicyclic) bond motifs is 1. The lowest BCUT2D eigenvalue weighted by Gasteiger charge is -2.05. The maximum atomic E-state index is 11.5. The van der Waals surface area contributed by atoms with Crippen LogP contribution in [-0.2, 0) is 0 Å². The number of benzene rings is 1. The Balaban J connectivity index is 1.89. The quantitative estimate of drug-likeness (QED) is 0.765. The highest BCUT2D eigenvalue weighted by molar-refractivity contribution is 7.22. The third-order valence-electron chi connectivity index (χ3n) is 2.67. The van der Waals surface area contributed by atoms with Crippen LogP contribution in [0.25, 0.3) is 10.2 Å². The van der Waals surface area contributed by atoms with Crippen molar-refractivity contribution in [1.29, 1.82) is 0 Å². The molecule has 106 valence electrons. The van der Waals surface area contributed by atoms with Crippen molar-refractivity contribution >= 4 is 32.6 Å². The maximum Gasteiger partial charge on any atom is 0.271 e. The third-order valence-corrected chi connectivity index (χ3v) is 3.52. The van der Waals surface area contributed by atoms with Gasteiger partial charge in [0.15, 0.2) is 5.13 Å². The van der Waals surface area contributed by atoms with E-state index < -0.39 is 0 Å². The summed E-state index contributed by atoms with van der Waals surface area (Å²) in [7, 11) is 1.53. The van der Waals surface area contributed by atoms with Crippen molar-refractivity contribution in [2.75, 3.05) is 12.8 Å². The molecule has 3 rings (SSSR count). The molecule has 0 bridgehead atoms. The number of carbonyl (C=O) groups is 1. The van der Waals surface area contributed by atoms with E-state index in [-0.39, 0.29) is 17.5 Å². The lowest BCUT2D eigenvalue weighted by Crippen LogP contribution is -2.19. The smallest absolute Gasteiger partial charge is 0.271 e. The number of carbonyl (C=O) groups excluding carboxylic acids is 1. The Morgan fingerprint density at radius 2 is 2.19 bits per heavy atom. The molecule has 1 amide bonds. The van der Waals surface area contributed by atoms with Crippen molar-refractivity contribution in [2.24, 2.45) is 0 Å². The van der Waals surface area contributed by atoms with Gasteiger partial charge in [0.1, 0.15) is 11.4 Å². The van der Waals surface area contributed by atoms with Crippen molar-refractivity contribution in [2.45, 2.75) is 0 Å². The summed E-state index contributed by atoms with van der Waals surface area (Å²) in [4.78, 5) is 23.7. The summed E-state index contributed by atoms with van der Waals surface area (Å²) >= 11 is 1.38. The molecule has 3 N–H and O–H groups in total. The Kier molecular flexibility index (Phi) is 3.36. The first-order valence-corrected chi connectivity index (χ1v) is 6.85. The molecule has 3 aromatic rings. The average molecular weight is 301 g/mol. The van der Waals surface area contributed by atoms with E-state index in [1.54, 1.807) is 6.07 Å². The molecule has 0 aliphatic rings. The van der Waals surface area contributed by atoms with Crippen LogP contribution in [0.3, 0.4) is 0 Å². The molecule has 0 unspecified atom stereocenters. The van der Waals surface area contributed by atoms with Crippen LogP contribution in [0.4, 0.5) is 5.13 Å². The van der Waals surface area contributed by atoms with Crippen molar-refractivity contribution in [1.82, 2.24) is 20.3 Å². The van der Waals surface area contributed by atoms with E-state index in [0.29, 0.717) is 10.9 Å². The zero-order valence-electron chi connectivity index (χ0n) is 11.0. The molecule has 0 fully saturated rings. The predicted octanol–water partition coefficient (Wildman–Crippen LogP) is 1.82. The number of hydrogen-bond acceptors (Lipinski definition) is 7. The molecule has 8 heteroatoms. The van der Waals surface area contributed by atoms with Gasteiger partial charge in [-0.15, -0.1) is 0 Å². The third kappa shape index (κ3) is 2.75. The van der Waals surface area contributed by atoms with E-state index in [4.69, 9.17) is 10.5 Å². The van der Waals surface area contributed by atoms with Crippen molar-refractivity contribution in [3.05, 3.63) is 36.3 Å². The number of rotatable bonds is 3. The molecule has 0 radical (unpaired) electrons. The fourth-order valence-electron chi connectivity index (χ4n) is 1.74. The normalized spacial score (nSPS) is 10.5. The highest BCUT2D eigenvalue weighted by atomic mass is 32.1. The molecule has 0 atom stereocenters. The summed E-state index contributed by atoms with van der Waals surface area (Å²) in [6.07, 6.45) is 2.82. The minimum Gasteiger partial charge on any atom is -0.437 e. The van der Waals surface area contributed by atoms with Crippen LogP contribution >= 0.6 is 11.3 Å². The van der Waals surface area contributed by atoms with E-state index in [1.165, 1.54) is 30.8 Å². The van der Waals surface area contributed by atoms with Gasteiger partial charge in [-0.3, -0.25) is 9.78 Å². The number of nitrogens with one attached hydrogen (secondary N) is 1. The summed E-state index contributed by atoms with van der Waals surface area (Å²) in [6, 6.07) is 5.39. The molecular formula is C13H11N5O2S. The molecule has 2 heterocycles. The van der Waals surface area contributed by atoms with Crippen LogP contribution in [0, 0.1) is 0 Å². The first-order chi connectivity index (χ1) is 10.2. The van der Waals surface area contributed by atoms with Gasteiger partial charge in [0, 0.05) is 13.1 Å². The first kappa shape index (κ1) is 13.3. The summed E-state index contributed by atoms with van der Waals surface area (Å²) in [6.45, 7) is 0. The summed E-state index contributed by atoms with van der Waals surface area (Å²) in [5.74, 6) is 0.501. The second kappa shape index (κ2) is 5.33. The van der Waals surface area contributed by atoms with Crippen LogP contribution in [0.15, 0.2) is 30.6 Å². The number of amides is 1. The number of aromatic nitrogens is 3. The summed E-state index contributed by atoms with van der Waals surface area (Å²) in [5.41, 5.74) is 6.67. The van der Waals surface area contributed by atoms with E-state index in [9.17, 15) is 4.79 Å². The van der Waals surface area contributed by atoms with Crippen molar-refractivity contribution in [3.63, 3.8) is 0 Å². The minimum absolute atomic E-state index is 0.193. The summed E-state index contributed by atoms with van der Waals surface area (Å²) in [5, 5.41) is 2.99. The number of nitrogen functional groups attached to an aromatic ring is 1. The van der Waals surface area contributed by atoms with Crippen molar-refractivity contribution < 1.29 is 9.53 Å². The Hall–Kier alpha value is -2.74. The Morgan fingerprint density at radius 1 is 1.33 bits per heavy atom. The summed E-state index contributed by atoms with van der Waals surface area (Å²) < 4.78 is 6.53. The number of ether oxygens (including phenoxy) is 1. The van der Waals surface area contributed by atoms with Crippen LogP contribution in [0.1, 0.15) is 10.5 Å². The predicted molar refractivity (Wildman–Crippen MR) is 79.5 cm³/mol. The highest BCUT2D eigenvalue weighted by Crippen LogP contribution is 2.29. The lowest BCUT2D eigenvalue weighted by molar-refractivity contribution is 0.0957. The van der Waals surface area contributed by atoms with E-state index in [1.807, 2.05) is 12.1 Å². The second-order valence-electron chi connectivity index (χ2n) is 4.11. The molecular weight excluding hydrogens is 290 g/mol. The van der Waals surface area contributed by atoms with Gasteiger partial charge in [-0.05, 0) is 12.1 Å². The van der Waals surface area contributed by atoms with Gasteiger partial charge in [-0.1, -0.05) is 11.3 Å². The molecule has 0 saturated heterocycles. The number of hydrogen-bond donors (Lipinski definition) is 2. The average Bonchev–Trinajstić information content (AvgIpc) is 2.86. The first-order valence-electron chi connectivity index (χ1n) is 6.04. The molecule has 0 spiro atoms. The van der Waals surface area contributed by atoms with Gasteiger partial charge in [-0.2, -0.15) is 0 Å². The number of nitrogens with two attached hydrogens (primary N) is 1. The van der Waals surface area contributed by atoms with Gasteiger partial charge >= 0.3 is 0 Å². The van der Waals surface area contributed by atoms with Crippen LogP contribution < -0.4 is 15.8 Å². The van der Waals surface area contributed by atoms with Gasteiger partial charge in [0.2, 0.25) is 5.88 Å². The lowest BCUT2D eigenvalue weighted by atomic mass is 10.3. The van der Waals surface area contributed by atoms with E-state index in [0.717, 1.165) is 10.2 Å². The topological polar surface area (TPSA) is 103 Å². The van der Waals surface area contributed by atoms with Gasteiger partial charge in [0.05, 0.1) is 22.6 Å². The standard InChI is InChI=1S/C13H11N5O2S/c1-15-12(19)9-5-16-6-11(17-9)20-7-2-3-8-10(4-7)21-13(14)18-8/h2-6H,1H3,(H2,14,18)(H,15,19). The van der Waals surface area contributed by atoms with Gasteiger partial charge in [-0.25, -0.2) is 9.97 Å². The van der Waals surface area contributed by atoms with Crippen molar-refractivity contribution in [3.8, 4) is 11.6 Å². The zero-order valence-corrected chi connectivity index (χ0v) is 11.8. The Morgan fingerprint density at radius 3 is 3.00 bits per heavy atom. The van der Waals surface area contributed by atoms with Gasteiger partial charge in [0.25, 0.3) is 5.91 Å². The minimum atomic E-state index is -0.321. The molecule has 7 nitrogen and oxygen atoms in total. The SMILES string of the molecule is CNC(=O)c1cncc(Oc2ccc3nc(N)sc3c2)n1. The molecule has 2 aromatic heterocycles. The van der Waals surface area contributed by atoms with Crippen LogP contribution in [0.5, 0.6) is 11.6 Å².